The highest BCUT2D eigenvalue weighted by Gasteiger charge is 1.90. The first-order valence-corrected chi connectivity index (χ1v) is 3.63. The lowest BCUT2D eigenvalue weighted by atomic mass is 10.5. The molecule has 0 amide bonds. The van der Waals surface area contributed by atoms with E-state index in [-0.39, 0.29) is 0 Å². The first-order chi connectivity index (χ1) is 4.83. The molecule has 0 N–H and O–H groups in total. The Hall–Kier alpha value is -1.14. The van der Waals surface area contributed by atoms with E-state index in [1.807, 2.05) is 13.0 Å². The molecule has 2 nitrogen and oxygen atoms in total. The lowest BCUT2D eigenvalue weighted by molar-refractivity contribution is 1.36. The molecule has 0 aliphatic rings. The number of aromatic nitrogens is 1. The first-order valence-electron chi connectivity index (χ1n) is 2.81. The summed E-state index contributed by atoms with van der Waals surface area (Å²) < 4.78 is 0. The number of hydrogen-bond acceptors (Lipinski definition) is 3. The van der Waals surface area contributed by atoms with Crippen molar-refractivity contribution < 1.29 is 0 Å². The lowest BCUT2D eigenvalue weighted by Crippen LogP contribution is -1.61. The Morgan fingerprint density at radius 3 is 3.10 bits per heavy atom. The Balaban J connectivity index is 2.78. The van der Waals surface area contributed by atoms with Crippen molar-refractivity contribution in [2.24, 2.45) is 0 Å². The van der Waals surface area contributed by atoms with E-state index in [1.165, 1.54) is 6.08 Å². The summed E-state index contributed by atoms with van der Waals surface area (Å²) in [5, 5.41) is 9.06. The molecule has 0 saturated carbocycles. The van der Waals surface area contributed by atoms with Crippen LogP contribution in [0.1, 0.15) is 9.88 Å². The average molecular weight is 150 g/mol. The van der Waals surface area contributed by atoms with Crippen LogP contribution in [-0.2, 0) is 0 Å². The Labute approximate surface area is 63.5 Å². The number of aryl methyl sites for hydroxylation is 1. The molecule has 1 aromatic rings. The standard InChI is InChI=1S/C7H6N2S/c1-6-5-9-7(10-6)3-2-4-8/h2-3,5H,1H3/b3-2+. The second kappa shape index (κ2) is 3.14. The molecule has 0 aromatic carbocycles. The SMILES string of the molecule is Cc1cnc(/C=C/C#N)s1. The van der Waals surface area contributed by atoms with E-state index >= 15 is 0 Å². The largest absolute Gasteiger partial charge is 0.245 e. The van der Waals surface area contributed by atoms with Crippen LogP contribution in [0, 0.1) is 18.3 Å². The molecule has 0 unspecified atom stereocenters. The molecule has 1 heterocycles. The molecule has 0 bridgehead atoms. The van der Waals surface area contributed by atoms with Crippen LogP contribution in [0.2, 0.25) is 0 Å². The molecule has 0 aliphatic carbocycles. The van der Waals surface area contributed by atoms with Gasteiger partial charge in [0, 0.05) is 17.2 Å². The zero-order valence-corrected chi connectivity index (χ0v) is 6.35. The molecule has 0 fully saturated rings. The first kappa shape index (κ1) is 6.97. The average Bonchev–Trinajstić information content (AvgIpc) is 2.31. The smallest absolute Gasteiger partial charge is 0.116 e. The van der Waals surface area contributed by atoms with Crippen molar-refractivity contribution in [2.45, 2.75) is 6.92 Å². The highest BCUT2D eigenvalue weighted by Crippen LogP contribution is 2.11. The Morgan fingerprint density at radius 1 is 1.80 bits per heavy atom. The van der Waals surface area contributed by atoms with Crippen molar-refractivity contribution in [3.05, 3.63) is 22.2 Å². The maximum absolute atomic E-state index is 8.17. The fraction of sp³-hybridized carbons (Fsp3) is 0.143. The number of thiazole rings is 1. The zero-order valence-electron chi connectivity index (χ0n) is 5.53. The van der Waals surface area contributed by atoms with Gasteiger partial charge < -0.3 is 0 Å². The van der Waals surface area contributed by atoms with Crippen LogP contribution >= 0.6 is 11.3 Å². The van der Waals surface area contributed by atoms with Gasteiger partial charge in [0.25, 0.3) is 0 Å². The zero-order chi connectivity index (χ0) is 7.40. The van der Waals surface area contributed by atoms with Crippen LogP contribution in [0.3, 0.4) is 0 Å². The summed E-state index contributed by atoms with van der Waals surface area (Å²) in [5.41, 5.74) is 0. The van der Waals surface area contributed by atoms with Crippen molar-refractivity contribution in [2.75, 3.05) is 0 Å². The number of nitriles is 1. The molecule has 0 atom stereocenters. The summed E-state index contributed by atoms with van der Waals surface area (Å²) in [4.78, 5) is 5.20. The fourth-order valence-corrected chi connectivity index (χ4v) is 1.23. The van der Waals surface area contributed by atoms with Crippen LogP contribution in [0.15, 0.2) is 12.3 Å². The molecule has 50 valence electrons. The van der Waals surface area contributed by atoms with Crippen LogP contribution in [0.25, 0.3) is 6.08 Å². The number of nitrogens with zero attached hydrogens (tertiary/aromatic N) is 2. The third-order valence-electron chi connectivity index (χ3n) is 0.940. The molecular formula is C7H6N2S. The molecule has 0 aliphatic heterocycles. The fourth-order valence-electron chi connectivity index (χ4n) is 0.558. The summed E-state index contributed by atoms with van der Waals surface area (Å²) in [6, 6.07) is 1.91. The third kappa shape index (κ3) is 1.67. The summed E-state index contributed by atoms with van der Waals surface area (Å²) >= 11 is 1.58. The normalized spacial score (nSPS) is 10.0. The van der Waals surface area contributed by atoms with Crippen LogP contribution in [0.4, 0.5) is 0 Å². The highest BCUT2D eigenvalue weighted by molar-refractivity contribution is 7.12. The van der Waals surface area contributed by atoms with Gasteiger partial charge in [-0.1, -0.05) is 0 Å². The van der Waals surface area contributed by atoms with Gasteiger partial charge >= 0.3 is 0 Å². The Morgan fingerprint density at radius 2 is 2.60 bits per heavy atom. The van der Waals surface area contributed by atoms with E-state index in [9.17, 15) is 0 Å². The Kier molecular flexibility index (Phi) is 2.19. The second-order valence-electron chi connectivity index (χ2n) is 1.77. The van der Waals surface area contributed by atoms with Crippen molar-refractivity contribution in [1.29, 1.82) is 5.26 Å². The van der Waals surface area contributed by atoms with E-state index in [0.29, 0.717) is 0 Å². The van der Waals surface area contributed by atoms with Crippen molar-refractivity contribution in [1.82, 2.24) is 4.98 Å². The third-order valence-corrected chi connectivity index (χ3v) is 1.82. The number of allylic oxidation sites excluding steroid dienone is 1. The predicted molar refractivity (Wildman–Crippen MR) is 41.5 cm³/mol. The second-order valence-corrected chi connectivity index (χ2v) is 3.04. The number of rotatable bonds is 1. The van der Waals surface area contributed by atoms with E-state index in [2.05, 4.69) is 4.98 Å². The maximum Gasteiger partial charge on any atom is 0.116 e. The van der Waals surface area contributed by atoms with Gasteiger partial charge in [0.15, 0.2) is 0 Å². The quantitative estimate of drug-likeness (QED) is 0.574. The number of hydrogen-bond donors (Lipinski definition) is 0. The monoisotopic (exact) mass is 150 g/mol. The molecule has 0 radical (unpaired) electrons. The molecular weight excluding hydrogens is 144 g/mol. The van der Waals surface area contributed by atoms with Crippen LogP contribution in [-0.4, -0.2) is 4.98 Å². The van der Waals surface area contributed by atoms with Gasteiger partial charge in [0.1, 0.15) is 5.01 Å². The van der Waals surface area contributed by atoms with Gasteiger partial charge in [-0.3, -0.25) is 0 Å². The minimum atomic E-state index is 0.888. The van der Waals surface area contributed by atoms with E-state index in [0.717, 1.165) is 9.88 Å². The maximum atomic E-state index is 8.17. The topological polar surface area (TPSA) is 36.7 Å². The van der Waals surface area contributed by atoms with Gasteiger partial charge in [0.05, 0.1) is 6.07 Å². The highest BCUT2D eigenvalue weighted by atomic mass is 32.1. The van der Waals surface area contributed by atoms with Crippen LogP contribution < -0.4 is 0 Å². The molecule has 10 heavy (non-hydrogen) atoms. The van der Waals surface area contributed by atoms with Crippen LogP contribution in [0.5, 0.6) is 0 Å². The molecule has 1 aromatic heterocycles. The van der Waals surface area contributed by atoms with E-state index in [1.54, 1.807) is 23.6 Å². The summed E-state index contributed by atoms with van der Waals surface area (Å²) in [6.07, 6.45) is 4.93. The minimum absolute atomic E-state index is 0.888. The molecule has 0 saturated heterocycles. The predicted octanol–water partition coefficient (Wildman–Crippen LogP) is 1.99. The van der Waals surface area contributed by atoms with Gasteiger partial charge in [0.2, 0.25) is 0 Å². The molecule has 0 spiro atoms. The van der Waals surface area contributed by atoms with Gasteiger partial charge in [-0.15, -0.1) is 11.3 Å². The van der Waals surface area contributed by atoms with Crippen molar-refractivity contribution in [3.63, 3.8) is 0 Å². The van der Waals surface area contributed by atoms with Gasteiger partial charge in [-0.05, 0) is 13.0 Å². The lowest BCUT2D eigenvalue weighted by Gasteiger charge is -1.74. The minimum Gasteiger partial charge on any atom is -0.245 e. The Bertz CT molecular complexity index is 280. The van der Waals surface area contributed by atoms with Crippen molar-refractivity contribution in [3.8, 4) is 6.07 Å². The summed E-state index contributed by atoms with van der Waals surface area (Å²) in [5.74, 6) is 0. The van der Waals surface area contributed by atoms with Gasteiger partial charge in [-0.25, -0.2) is 4.98 Å². The molecule has 3 heteroatoms. The van der Waals surface area contributed by atoms with Gasteiger partial charge in [-0.2, -0.15) is 5.26 Å². The van der Waals surface area contributed by atoms with E-state index in [4.69, 9.17) is 5.26 Å². The summed E-state index contributed by atoms with van der Waals surface area (Å²) in [7, 11) is 0. The van der Waals surface area contributed by atoms with Crippen molar-refractivity contribution >= 4 is 17.4 Å². The summed E-state index contributed by atoms with van der Waals surface area (Å²) in [6.45, 7) is 1.99. The molecule has 1 rings (SSSR count). The van der Waals surface area contributed by atoms with E-state index < -0.39 is 0 Å².